The molecule has 1 saturated heterocycles. The summed E-state index contributed by atoms with van der Waals surface area (Å²) in [5.41, 5.74) is 2.24. The molecule has 1 aliphatic heterocycles. The van der Waals surface area contributed by atoms with Crippen LogP contribution in [0.5, 0.6) is 0 Å². The molecule has 2 aromatic heterocycles. The van der Waals surface area contributed by atoms with Crippen molar-refractivity contribution in [2.24, 2.45) is 7.05 Å². The van der Waals surface area contributed by atoms with E-state index in [2.05, 4.69) is 15.3 Å². The molecule has 0 saturated carbocycles. The number of aromatic nitrogens is 4. The Balaban J connectivity index is 1.96. The fourth-order valence-corrected chi connectivity index (χ4v) is 2.35. The van der Waals surface area contributed by atoms with Gasteiger partial charge in [-0.15, -0.1) is 0 Å². The second-order valence-corrected chi connectivity index (χ2v) is 4.50. The van der Waals surface area contributed by atoms with Gasteiger partial charge >= 0.3 is 0 Å². The van der Waals surface area contributed by atoms with Crippen LogP contribution in [-0.2, 0) is 7.05 Å². The molecule has 0 bridgehead atoms. The molecule has 1 fully saturated rings. The predicted molar refractivity (Wildman–Crippen MR) is 65.9 cm³/mol. The molecule has 1 N–H and O–H groups in total. The Kier molecular flexibility index (Phi) is 2.62. The van der Waals surface area contributed by atoms with Gasteiger partial charge in [0.15, 0.2) is 0 Å². The number of likely N-dealkylation sites (tertiary alicyclic amines) is 1. The Morgan fingerprint density at radius 3 is 2.83 bits per heavy atom. The summed E-state index contributed by atoms with van der Waals surface area (Å²) in [5.74, 6) is 0.0532. The minimum Gasteiger partial charge on any atom is -0.339 e. The van der Waals surface area contributed by atoms with E-state index in [1.165, 1.54) is 0 Å². The highest BCUT2D eigenvalue weighted by molar-refractivity contribution is 5.99. The van der Waals surface area contributed by atoms with Crippen LogP contribution >= 0.6 is 0 Å². The van der Waals surface area contributed by atoms with Crippen molar-refractivity contribution < 1.29 is 4.79 Å². The molecule has 6 heteroatoms. The average molecular weight is 245 g/mol. The van der Waals surface area contributed by atoms with Crippen LogP contribution in [0.1, 0.15) is 23.2 Å². The number of rotatable bonds is 2. The van der Waals surface area contributed by atoms with Crippen LogP contribution in [0.2, 0.25) is 0 Å². The zero-order valence-corrected chi connectivity index (χ0v) is 10.3. The van der Waals surface area contributed by atoms with Gasteiger partial charge in [0.05, 0.1) is 23.1 Å². The summed E-state index contributed by atoms with van der Waals surface area (Å²) in [6.07, 6.45) is 5.48. The van der Waals surface area contributed by atoms with Crippen LogP contribution in [0.15, 0.2) is 18.5 Å². The fraction of sp³-hybridized carbons (Fsp3) is 0.417. The topological polar surface area (TPSA) is 66.8 Å². The number of carbonyl (C=O) groups excluding carboxylic acids is 1. The number of nitrogens with one attached hydrogen (secondary N) is 1. The minimum atomic E-state index is 0.0532. The van der Waals surface area contributed by atoms with E-state index in [1.807, 2.05) is 18.0 Å². The molecule has 2 aromatic rings. The van der Waals surface area contributed by atoms with E-state index in [-0.39, 0.29) is 5.91 Å². The van der Waals surface area contributed by atoms with Crippen LogP contribution in [-0.4, -0.2) is 43.9 Å². The summed E-state index contributed by atoms with van der Waals surface area (Å²) in [7, 11) is 1.85. The maximum Gasteiger partial charge on any atom is 0.257 e. The van der Waals surface area contributed by atoms with Gasteiger partial charge < -0.3 is 4.90 Å². The number of hydrogen-bond acceptors (Lipinski definition) is 3. The molecule has 94 valence electrons. The van der Waals surface area contributed by atoms with Gasteiger partial charge in [-0.2, -0.15) is 10.2 Å². The van der Waals surface area contributed by atoms with Gasteiger partial charge in [0.2, 0.25) is 0 Å². The summed E-state index contributed by atoms with van der Waals surface area (Å²) in [5, 5.41) is 11.0. The highest BCUT2D eigenvalue weighted by Crippen LogP contribution is 2.22. The van der Waals surface area contributed by atoms with Crippen molar-refractivity contribution in [2.45, 2.75) is 12.8 Å². The lowest BCUT2D eigenvalue weighted by atomic mass is 10.2. The molecular weight excluding hydrogens is 230 g/mol. The first-order chi connectivity index (χ1) is 8.77. The van der Waals surface area contributed by atoms with Crippen molar-refractivity contribution in [1.82, 2.24) is 24.9 Å². The molecule has 3 heterocycles. The predicted octanol–water partition coefficient (Wildman–Crippen LogP) is 1.05. The van der Waals surface area contributed by atoms with Crippen LogP contribution in [0.4, 0.5) is 0 Å². The summed E-state index contributed by atoms with van der Waals surface area (Å²) in [6, 6.07) is 1.87. The Morgan fingerprint density at radius 1 is 1.39 bits per heavy atom. The fourth-order valence-electron chi connectivity index (χ4n) is 2.35. The molecule has 0 radical (unpaired) electrons. The Bertz CT molecular complexity index is 565. The molecule has 1 amide bonds. The molecule has 6 nitrogen and oxygen atoms in total. The zero-order chi connectivity index (χ0) is 12.5. The monoisotopic (exact) mass is 245 g/mol. The Hall–Kier alpha value is -2.11. The highest BCUT2D eigenvalue weighted by atomic mass is 16.2. The van der Waals surface area contributed by atoms with E-state index in [0.717, 1.165) is 37.3 Å². The second kappa shape index (κ2) is 4.29. The van der Waals surface area contributed by atoms with Gasteiger partial charge in [0.1, 0.15) is 0 Å². The molecule has 1 aliphatic rings. The molecule has 0 spiro atoms. The van der Waals surface area contributed by atoms with Crippen LogP contribution in [0.25, 0.3) is 11.4 Å². The summed E-state index contributed by atoms with van der Waals surface area (Å²) >= 11 is 0. The van der Waals surface area contributed by atoms with Gasteiger partial charge in [0, 0.05) is 26.3 Å². The van der Waals surface area contributed by atoms with E-state index in [0.29, 0.717) is 5.56 Å². The lowest BCUT2D eigenvalue weighted by Crippen LogP contribution is -2.27. The van der Waals surface area contributed by atoms with Gasteiger partial charge in [-0.25, -0.2) is 0 Å². The molecule has 18 heavy (non-hydrogen) atoms. The maximum atomic E-state index is 12.4. The number of carbonyl (C=O) groups is 1. The van der Waals surface area contributed by atoms with Gasteiger partial charge in [-0.3, -0.25) is 14.6 Å². The van der Waals surface area contributed by atoms with E-state index in [4.69, 9.17) is 0 Å². The van der Waals surface area contributed by atoms with Crippen molar-refractivity contribution >= 4 is 5.91 Å². The van der Waals surface area contributed by atoms with E-state index in [1.54, 1.807) is 17.1 Å². The maximum absolute atomic E-state index is 12.4. The molecule has 0 aromatic carbocycles. The molecular formula is C12H15N5O. The SMILES string of the molecule is Cn1nccc1-c1[nH]ncc1C(=O)N1CCCC1. The number of nitrogens with zero attached hydrogens (tertiary/aromatic N) is 4. The third kappa shape index (κ3) is 1.70. The number of H-pyrrole nitrogens is 1. The standard InChI is InChI=1S/C12H15N5O/c1-16-10(4-5-14-16)11-9(8-13-15-11)12(18)17-6-2-3-7-17/h4-5,8H,2-3,6-7H2,1H3,(H,13,15). The van der Waals surface area contributed by atoms with Gasteiger partial charge in [0.25, 0.3) is 5.91 Å². The van der Waals surface area contributed by atoms with Crippen LogP contribution in [0.3, 0.4) is 0 Å². The minimum absolute atomic E-state index is 0.0532. The first-order valence-corrected chi connectivity index (χ1v) is 6.08. The van der Waals surface area contributed by atoms with Gasteiger partial charge in [-0.05, 0) is 18.9 Å². The van der Waals surface area contributed by atoms with Crippen LogP contribution in [0, 0.1) is 0 Å². The third-order valence-electron chi connectivity index (χ3n) is 3.34. The van der Waals surface area contributed by atoms with Crippen LogP contribution < -0.4 is 0 Å². The molecule has 0 unspecified atom stereocenters. The lowest BCUT2D eigenvalue weighted by Gasteiger charge is -2.14. The van der Waals surface area contributed by atoms with Crippen molar-refractivity contribution in [3.63, 3.8) is 0 Å². The number of aromatic amines is 1. The average Bonchev–Trinajstić information content (AvgIpc) is 3.09. The molecule has 0 aliphatic carbocycles. The first-order valence-electron chi connectivity index (χ1n) is 6.08. The molecule has 3 rings (SSSR count). The Labute approximate surface area is 105 Å². The van der Waals surface area contributed by atoms with Crippen molar-refractivity contribution in [3.05, 3.63) is 24.0 Å². The lowest BCUT2D eigenvalue weighted by molar-refractivity contribution is 0.0793. The van der Waals surface area contributed by atoms with E-state index in [9.17, 15) is 4.79 Å². The summed E-state index contributed by atoms with van der Waals surface area (Å²) in [4.78, 5) is 14.3. The quantitative estimate of drug-likeness (QED) is 0.859. The van der Waals surface area contributed by atoms with Crippen molar-refractivity contribution in [3.8, 4) is 11.4 Å². The van der Waals surface area contributed by atoms with E-state index < -0.39 is 0 Å². The van der Waals surface area contributed by atoms with Gasteiger partial charge in [-0.1, -0.05) is 0 Å². The largest absolute Gasteiger partial charge is 0.339 e. The smallest absolute Gasteiger partial charge is 0.257 e. The molecule has 0 atom stereocenters. The number of hydrogen-bond donors (Lipinski definition) is 1. The van der Waals surface area contributed by atoms with Crippen molar-refractivity contribution in [1.29, 1.82) is 0 Å². The van der Waals surface area contributed by atoms with E-state index >= 15 is 0 Å². The first kappa shape index (κ1) is 11.0. The second-order valence-electron chi connectivity index (χ2n) is 4.50. The third-order valence-corrected chi connectivity index (χ3v) is 3.34. The summed E-state index contributed by atoms with van der Waals surface area (Å²) in [6.45, 7) is 1.68. The zero-order valence-electron chi connectivity index (χ0n) is 10.3. The number of aryl methyl sites for hydroxylation is 1. The number of amides is 1. The Morgan fingerprint density at radius 2 is 2.17 bits per heavy atom. The highest BCUT2D eigenvalue weighted by Gasteiger charge is 2.24. The summed E-state index contributed by atoms with van der Waals surface area (Å²) < 4.78 is 1.73. The van der Waals surface area contributed by atoms with Crippen molar-refractivity contribution in [2.75, 3.05) is 13.1 Å². The normalized spacial score (nSPS) is 15.3.